The maximum atomic E-state index is 13.7. The summed E-state index contributed by atoms with van der Waals surface area (Å²) >= 11 is 0.801. The summed E-state index contributed by atoms with van der Waals surface area (Å²) in [6.07, 6.45) is 0.718. The van der Waals surface area contributed by atoms with E-state index in [2.05, 4.69) is 10.6 Å². The number of likely N-dealkylation sites (tertiary alicyclic amines) is 1. The van der Waals surface area contributed by atoms with E-state index in [0.717, 1.165) is 22.5 Å². The molecule has 0 aromatic heterocycles. The van der Waals surface area contributed by atoms with Gasteiger partial charge in [-0.05, 0) is 47.7 Å². The van der Waals surface area contributed by atoms with Gasteiger partial charge in [-0.2, -0.15) is 0 Å². The van der Waals surface area contributed by atoms with Crippen LogP contribution in [0.2, 0.25) is 0 Å². The molecule has 1 aliphatic heterocycles. The first-order chi connectivity index (χ1) is 21.0. The van der Waals surface area contributed by atoms with Crippen molar-refractivity contribution in [3.8, 4) is 5.75 Å². The van der Waals surface area contributed by atoms with Crippen molar-refractivity contribution < 1.29 is 38.3 Å². The van der Waals surface area contributed by atoms with E-state index in [0.29, 0.717) is 24.8 Å². The minimum atomic E-state index is -4.37. The molecule has 0 aliphatic carbocycles. The molecule has 3 unspecified atom stereocenters. The second-order valence-electron chi connectivity index (χ2n) is 10.4. The van der Waals surface area contributed by atoms with E-state index < -0.39 is 54.9 Å². The Labute approximate surface area is 258 Å². The van der Waals surface area contributed by atoms with E-state index in [9.17, 15) is 33.5 Å². The van der Waals surface area contributed by atoms with Crippen LogP contribution in [0.1, 0.15) is 30.7 Å². The fraction of sp³-hybridized carbons (Fsp3) is 0.333. The Hall–Kier alpha value is -3.90. The molecule has 4 rings (SSSR count). The number of rotatable bonds is 12. The second-order valence-corrected chi connectivity index (χ2v) is 13.5. The van der Waals surface area contributed by atoms with Crippen molar-refractivity contribution >= 4 is 53.9 Å². The standard InChI is InChI=1S/C30H35N4O8PS/c31-27(35)24(22-14-13-20-8-4-5-9-21(20)16-22)17-32-28(36)26-12-6-7-15-34(26)29(37)25(18-44-19-43(39,40)41)33-30(38)42-23-10-2-1-3-11-23/h1-5,8-11,13-14,16,24-26H,6-7,12,15,17-19H2,(H2,31,35)(H,32,36)(H,33,38)(H2,39,40,41). The lowest BCUT2D eigenvalue weighted by molar-refractivity contribution is -0.143. The van der Waals surface area contributed by atoms with Gasteiger partial charge in [0.15, 0.2) is 0 Å². The van der Waals surface area contributed by atoms with Crippen molar-refractivity contribution in [2.45, 2.75) is 37.3 Å². The van der Waals surface area contributed by atoms with Crippen LogP contribution in [0.3, 0.4) is 0 Å². The van der Waals surface area contributed by atoms with Gasteiger partial charge in [-0.15, -0.1) is 11.8 Å². The van der Waals surface area contributed by atoms with Gasteiger partial charge in [0.05, 0.1) is 11.4 Å². The van der Waals surface area contributed by atoms with Gasteiger partial charge in [0, 0.05) is 18.8 Å². The first kappa shape index (κ1) is 33.0. The zero-order chi connectivity index (χ0) is 31.7. The van der Waals surface area contributed by atoms with Gasteiger partial charge in [0.25, 0.3) is 0 Å². The van der Waals surface area contributed by atoms with Crippen LogP contribution >= 0.6 is 19.4 Å². The van der Waals surface area contributed by atoms with Crippen LogP contribution in [0.15, 0.2) is 72.8 Å². The topological polar surface area (TPSA) is 188 Å². The third-order valence-electron chi connectivity index (χ3n) is 7.18. The number of hydrogen-bond acceptors (Lipinski definition) is 7. The summed E-state index contributed by atoms with van der Waals surface area (Å²) in [6, 6.07) is 19.3. The molecule has 1 aliphatic rings. The number of piperidine rings is 1. The highest BCUT2D eigenvalue weighted by atomic mass is 32.2. The van der Waals surface area contributed by atoms with Crippen molar-refractivity contribution in [2.75, 3.05) is 24.3 Å². The van der Waals surface area contributed by atoms with E-state index in [1.54, 1.807) is 36.4 Å². The number of primary amides is 1. The molecule has 0 bridgehead atoms. The van der Waals surface area contributed by atoms with E-state index in [1.165, 1.54) is 4.90 Å². The quantitative estimate of drug-likeness (QED) is 0.185. The Morgan fingerprint density at radius 2 is 1.70 bits per heavy atom. The minimum absolute atomic E-state index is 0.0751. The molecule has 0 spiro atoms. The van der Waals surface area contributed by atoms with Gasteiger partial charge in [0.2, 0.25) is 17.7 Å². The zero-order valence-corrected chi connectivity index (χ0v) is 25.5. The molecule has 1 saturated heterocycles. The molecular formula is C30H35N4O8PS. The molecule has 6 N–H and O–H groups in total. The van der Waals surface area contributed by atoms with Crippen molar-refractivity contribution in [1.82, 2.24) is 15.5 Å². The fourth-order valence-corrected chi connectivity index (χ4v) is 6.86. The lowest BCUT2D eigenvalue weighted by Crippen LogP contribution is -2.58. The number of thioether (sulfide) groups is 1. The van der Waals surface area contributed by atoms with Gasteiger partial charge in [0.1, 0.15) is 17.8 Å². The fourth-order valence-electron chi connectivity index (χ4n) is 5.03. The normalized spacial score (nSPS) is 16.5. The minimum Gasteiger partial charge on any atom is -0.410 e. The maximum absolute atomic E-state index is 13.7. The molecule has 12 nitrogen and oxygen atoms in total. The van der Waals surface area contributed by atoms with Crippen molar-refractivity contribution in [3.63, 3.8) is 0 Å². The number of benzene rings is 3. The van der Waals surface area contributed by atoms with Crippen LogP contribution < -0.4 is 21.1 Å². The van der Waals surface area contributed by atoms with Crippen LogP contribution in [-0.4, -0.2) is 74.9 Å². The van der Waals surface area contributed by atoms with Crippen LogP contribution in [-0.2, 0) is 18.9 Å². The first-order valence-electron chi connectivity index (χ1n) is 14.0. The highest BCUT2D eigenvalue weighted by Gasteiger charge is 2.37. The Morgan fingerprint density at radius 1 is 1.00 bits per heavy atom. The van der Waals surface area contributed by atoms with E-state index >= 15 is 0 Å². The molecule has 1 heterocycles. The van der Waals surface area contributed by atoms with Crippen LogP contribution in [0.5, 0.6) is 5.75 Å². The Bertz CT molecular complexity index is 1540. The molecule has 1 fully saturated rings. The molecule has 3 atom stereocenters. The number of carbonyl (C=O) groups is 4. The van der Waals surface area contributed by atoms with Gasteiger partial charge in [-0.1, -0.05) is 60.7 Å². The zero-order valence-electron chi connectivity index (χ0n) is 23.8. The van der Waals surface area contributed by atoms with Gasteiger partial charge >= 0.3 is 13.7 Å². The van der Waals surface area contributed by atoms with E-state index in [4.69, 9.17) is 10.5 Å². The lowest BCUT2D eigenvalue weighted by Gasteiger charge is -2.37. The number of amides is 4. The first-order valence-corrected chi connectivity index (χ1v) is 17.0. The number of para-hydroxylation sites is 1. The maximum Gasteiger partial charge on any atom is 0.413 e. The van der Waals surface area contributed by atoms with Crippen molar-refractivity contribution in [3.05, 3.63) is 78.4 Å². The molecule has 3 aromatic carbocycles. The highest BCUT2D eigenvalue weighted by molar-refractivity contribution is 8.04. The summed E-state index contributed by atoms with van der Waals surface area (Å²) in [5.74, 6) is -2.40. The number of nitrogens with zero attached hydrogens (tertiary/aromatic N) is 1. The van der Waals surface area contributed by atoms with Crippen LogP contribution in [0.25, 0.3) is 10.8 Å². The van der Waals surface area contributed by atoms with Gasteiger partial charge in [-0.3, -0.25) is 18.9 Å². The summed E-state index contributed by atoms with van der Waals surface area (Å²) in [5, 5.41) is 7.20. The molecule has 4 amide bonds. The summed E-state index contributed by atoms with van der Waals surface area (Å²) in [6.45, 7) is 0.157. The molecule has 3 aromatic rings. The Kier molecular flexibility index (Phi) is 11.4. The average Bonchev–Trinajstić information content (AvgIpc) is 3.00. The predicted octanol–water partition coefficient (Wildman–Crippen LogP) is 2.93. The highest BCUT2D eigenvalue weighted by Crippen LogP contribution is 2.38. The summed E-state index contributed by atoms with van der Waals surface area (Å²) in [7, 11) is -4.37. The SMILES string of the molecule is NC(=O)C(CNC(=O)C1CCCCN1C(=O)C(CSCP(=O)(O)O)NC(=O)Oc1ccccc1)c1ccc2ccccc2c1. The molecular weight excluding hydrogens is 607 g/mol. The van der Waals surface area contributed by atoms with E-state index in [-0.39, 0.29) is 24.6 Å². The summed E-state index contributed by atoms with van der Waals surface area (Å²) < 4.78 is 16.7. The van der Waals surface area contributed by atoms with Crippen molar-refractivity contribution in [2.24, 2.45) is 5.73 Å². The van der Waals surface area contributed by atoms with Gasteiger partial charge in [-0.25, -0.2) is 4.79 Å². The van der Waals surface area contributed by atoms with Crippen molar-refractivity contribution in [1.29, 1.82) is 0 Å². The summed E-state index contributed by atoms with van der Waals surface area (Å²) in [5.41, 5.74) is 5.80. The smallest absolute Gasteiger partial charge is 0.410 e. The third kappa shape index (κ3) is 9.30. The predicted molar refractivity (Wildman–Crippen MR) is 167 cm³/mol. The number of fused-ring (bicyclic) bond motifs is 1. The Balaban J connectivity index is 1.46. The summed E-state index contributed by atoms with van der Waals surface area (Å²) in [4.78, 5) is 72.2. The van der Waals surface area contributed by atoms with Crippen LogP contribution in [0, 0.1) is 0 Å². The average molecular weight is 643 g/mol. The number of hydrogen-bond donors (Lipinski definition) is 5. The molecule has 44 heavy (non-hydrogen) atoms. The second kappa shape index (κ2) is 15.2. The number of nitrogens with one attached hydrogen (secondary N) is 2. The third-order valence-corrected chi connectivity index (χ3v) is 9.82. The lowest BCUT2D eigenvalue weighted by atomic mass is 9.95. The molecule has 234 valence electrons. The number of nitrogens with two attached hydrogens (primary N) is 1. The molecule has 14 heteroatoms. The van der Waals surface area contributed by atoms with Gasteiger partial charge < -0.3 is 35.8 Å². The molecule has 0 saturated carbocycles. The van der Waals surface area contributed by atoms with Crippen LogP contribution in [0.4, 0.5) is 4.79 Å². The van der Waals surface area contributed by atoms with E-state index in [1.807, 2.05) is 36.4 Å². The molecule has 0 radical (unpaired) electrons. The largest absolute Gasteiger partial charge is 0.413 e. The Morgan fingerprint density at radius 3 is 2.41 bits per heavy atom. The number of ether oxygens (including phenoxy) is 1. The number of carbonyl (C=O) groups excluding carboxylic acids is 4. The monoisotopic (exact) mass is 642 g/mol.